The van der Waals surface area contributed by atoms with E-state index in [1.165, 1.54) is 0 Å². The average Bonchev–Trinajstić information content (AvgIpc) is 3.45. The van der Waals surface area contributed by atoms with Crippen molar-refractivity contribution in [2.45, 2.75) is 37.5 Å². The lowest BCUT2D eigenvalue weighted by atomic mass is 10.0. The lowest BCUT2D eigenvalue weighted by molar-refractivity contribution is -0.181. The van der Waals surface area contributed by atoms with Crippen molar-refractivity contribution in [2.75, 3.05) is 31.6 Å². The zero-order valence-corrected chi connectivity index (χ0v) is 15.8. The molecule has 28 heavy (non-hydrogen) atoms. The van der Waals surface area contributed by atoms with Gasteiger partial charge in [-0.05, 0) is 12.8 Å². The summed E-state index contributed by atoms with van der Waals surface area (Å²) in [6.07, 6.45) is 3.68. The Morgan fingerprint density at radius 2 is 1.79 bits per heavy atom. The summed E-state index contributed by atoms with van der Waals surface area (Å²) < 4.78 is 11.5. The molecule has 1 saturated carbocycles. The van der Waals surface area contributed by atoms with Crippen LogP contribution in [0.15, 0.2) is 36.4 Å². The summed E-state index contributed by atoms with van der Waals surface area (Å²) in [5, 5.41) is 3.40. The lowest BCUT2D eigenvalue weighted by Crippen LogP contribution is -2.47. The van der Waals surface area contributed by atoms with Crippen molar-refractivity contribution >= 4 is 11.7 Å². The summed E-state index contributed by atoms with van der Waals surface area (Å²) in [6, 6.07) is 12.0. The highest BCUT2D eigenvalue weighted by Gasteiger charge is 2.41. The van der Waals surface area contributed by atoms with Crippen LogP contribution in [0, 0.1) is 0 Å². The lowest BCUT2D eigenvalue weighted by Gasteiger charge is -2.37. The number of aromatic nitrogens is 2. The molecule has 3 heterocycles. The van der Waals surface area contributed by atoms with Crippen LogP contribution in [-0.2, 0) is 9.47 Å². The number of ether oxygens (including phenoxy) is 2. The molecular weight excluding hydrogens is 356 g/mol. The molecule has 1 aromatic carbocycles. The number of likely N-dealkylation sites (tertiary alicyclic amines) is 1. The first-order valence-electron chi connectivity index (χ1n) is 9.99. The van der Waals surface area contributed by atoms with Crippen LogP contribution in [0.1, 0.15) is 36.2 Å². The number of benzene rings is 1. The van der Waals surface area contributed by atoms with Gasteiger partial charge >= 0.3 is 0 Å². The summed E-state index contributed by atoms with van der Waals surface area (Å²) >= 11 is 0. The molecule has 2 aromatic rings. The summed E-state index contributed by atoms with van der Waals surface area (Å²) in [6.45, 7) is 2.48. The fourth-order valence-corrected chi connectivity index (χ4v) is 3.78. The minimum atomic E-state index is -0.490. The molecule has 1 aliphatic carbocycles. The van der Waals surface area contributed by atoms with Crippen molar-refractivity contribution in [3.8, 4) is 11.4 Å². The Kier molecular flexibility index (Phi) is 4.49. The fraction of sp³-hybridized carbons (Fsp3) is 0.476. The van der Waals surface area contributed by atoms with E-state index in [9.17, 15) is 4.79 Å². The maximum atomic E-state index is 13.2. The van der Waals surface area contributed by atoms with Crippen LogP contribution in [-0.4, -0.2) is 58.9 Å². The van der Waals surface area contributed by atoms with Crippen molar-refractivity contribution in [3.63, 3.8) is 0 Å². The number of nitrogens with zero attached hydrogens (tertiary/aromatic N) is 3. The zero-order valence-electron chi connectivity index (χ0n) is 15.8. The fourth-order valence-electron chi connectivity index (χ4n) is 3.78. The molecule has 1 amide bonds. The van der Waals surface area contributed by atoms with E-state index in [1.807, 2.05) is 35.2 Å². The number of amides is 1. The first kappa shape index (κ1) is 17.6. The van der Waals surface area contributed by atoms with Gasteiger partial charge in [0.2, 0.25) is 0 Å². The molecule has 146 valence electrons. The third-order valence-corrected chi connectivity index (χ3v) is 5.53. The van der Waals surface area contributed by atoms with E-state index in [2.05, 4.69) is 15.3 Å². The Morgan fingerprint density at radius 1 is 1.07 bits per heavy atom. The Morgan fingerprint density at radius 3 is 2.46 bits per heavy atom. The Balaban J connectivity index is 1.39. The van der Waals surface area contributed by atoms with Crippen molar-refractivity contribution in [3.05, 3.63) is 42.1 Å². The number of carbonyl (C=O) groups is 1. The van der Waals surface area contributed by atoms with Crippen molar-refractivity contribution in [1.29, 1.82) is 0 Å². The van der Waals surface area contributed by atoms with Gasteiger partial charge in [-0.1, -0.05) is 30.3 Å². The molecule has 7 heteroatoms. The van der Waals surface area contributed by atoms with Crippen LogP contribution in [0.5, 0.6) is 0 Å². The van der Waals surface area contributed by atoms with Gasteiger partial charge in [-0.15, -0.1) is 0 Å². The molecule has 0 radical (unpaired) electrons. The van der Waals surface area contributed by atoms with Crippen LogP contribution < -0.4 is 5.32 Å². The highest BCUT2D eigenvalue weighted by molar-refractivity contribution is 5.93. The van der Waals surface area contributed by atoms with Gasteiger partial charge in [0.25, 0.3) is 5.91 Å². The number of rotatable bonds is 4. The van der Waals surface area contributed by atoms with E-state index in [1.54, 1.807) is 6.07 Å². The topological polar surface area (TPSA) is 76.6 Å². The van der Waals surface area contributed by atoms with Crippen LogP contribution in [0.25, 0.3) is 11.4 Å². The Labute approximate surface area is 164 Å². The molecule has 3 fully saturated rings. The Hall–Kier alpha value is -2.51. The third-order valence-electron chi connectivity index (χ3n) is 5.53. The number of carbonyl (C=O) groups excluding carboxylic acids is 1. The number of hydrogen-bond donors (Lipinski definition) is 1. The maximum Gasteiger partial charge on any atom is 0.272 e. The second kappa shape index (κ2) is 7.14. The van der Waals surface area contributed by atoms with Gasteiger partial charge in [-0.25, -0.2) is 9.97 Å². The summed E-state index contributed by atoms with van der Waals surface area (Å²) in [5.41, 5.74) is 1.34. The van der Waals surface area contributed by atoms with E-state index in [0.717, 1.165) is 24.2 Å². The summed E-state index contributed by atoms with van der Waals surface area (Å²) in [7, 11) is 0. The standard InChI is InChI=1S/C21H24N4O3/c26-20(25-10-8-21(9-11-25)27-12-13-28-21)17-14-18(22-16-6-7-16)24-19(23-17)15-4-2-1-3-5-15/h1-5,14,16H,6-13H2,(H,22,23,24). The van der Waals surface area contributed by atoms with Gasteiger partial charge in [-0.3, -0.25) is 4.79 Å². The van der Waals surface area contributed by atoms with Crippen LogP contribution in [0.2, 0.25) is 0 Å². The van der Waals surface area contributed by atoms with Crippen molar-refractivity contribution in [1.82, 2.24) is 14.9 Å². The highest BCUT2D eigenvalue weighted by atomic mass is 16.7. The number of hydrogen-bond acceptors (Lipinski definition) is 6. The maximum absolute atomic E-state index is 13.2. The van der Waals surface area contributed by atoms with E-state index >= 15 is 0 Å². The highest BCUT2D eigenvalue weighted by Crippen LogP contribution is 2.32. The SMILES string of the molecule is O=C(c1cc(NC2CC2)nc(-c2ccccc2)n1)N1CCC2(CC1)OCCO2. The van der Waals surface area contributed by atoms with E-state index in [4.69, 9.17) is 9.47 Å². The normalized spacial score (nSPS) is 21.1. The van der Waals surface area contributed by atoms with Crippen LogP contribution in [0.3, 0.4) is 0 Å². The van der Waals surface area contributed by atoms with E-state index < -0.39 is 5.79 Å². The van der Waals surface area contributed by atoms with Crippen molar-refractivity contribution in [2.24, 2.45) is 0 Å². The largest absolute Gasteiger partial charge is 0.367 e. The minimum Gasteiger partial charge on any atom is -0.367 e. The van der Waals surface area contributed by atoms with E-state index in [-0.39, 0.29) is 5.91 Å². The zero-order chi connectivity index (χ0) is 19.0. The molecule has 2 saturated heterocycles. The quantitative estimate of drug-likeness (QED) is 0.879. The molecule has 0 bridgehead atoms. The van der Waals surface area contributed by atoms with Gasteiger partial charge in [0.1, 0.15) is 11.5 Å². The summed E-state index contributed by atoms with van der Waals surface area (Å²) in [4.78, 5) is 24.2. The molecule has 1 aromatic heterocycles. The molecule has 0 atom stereocenters. The number of anilines is 1. The first-order valence-corrected chi connectivity index (χ1v) is 9.99. The predicted octanol–water partition coefficient (Wildman–Crippen LogP) is 2.70. The summed E-state index contributed by atoms with van der Waals surface area (Å²) in [5.74, 6) is 0.739. The van der Waals surface area contributed by atoms with E-state index in [0.29, 0.717) is 56.7 Å². The predicted molar refractivity (Wildman–Crippen MR) is 104 cm³/mol. The second-order valence-corrected chi connectivity index (χ2v) is 7.65. The molecule has 3 aliphatic rings. The van der Waals surface area contributed by atoms with Crippen LogP contribution in [0.4, 0.5) is 5.82 Å². The molecule has 5 rings (SSSR count). The van der Waals surface area contributed by atoms with Crippen LogP contribution >= 0.6 is 0 Å². The van der Waals surface area contributed by atoms with Gasteiger partial charge in [-0.2, -0.15) is 0 Å². The number of nitrogens with one attached hydrogen (secondary N) is 1. The van der Waals surface area contributed by atoms with Gasteiger partial charge in [0.15, 0.2) is 11.6 Å². The molecule has 0 unspecified atom stereocenters. The number of piperidine rings is 1. The molecule has 7 nitrogen and oxygen atoms in total. The van der Waals surface area contributed by atoms with Gasteiger partial charge in [0.05, 0.1) is 13.2 Å². The van der Waals surface area contributed by atoms with Crippen molar-refractivity contribution < 1.29 is 14.3 Å². The van der Waals surface area contributed by atoms with Gasteiger partial charge in [0, 0.05) is 43.6 Å². The minimum absolute atomic E-state index is 0.0636. The monoisotopic (exact) mass is 380 g/mol. The molecule has 1 N–H and O–H groups in total. The average molecular weight is 380 g/mol. The molecule has 1 spiro atoms. The Bertz CT molecular complexity index is 853. The third kappa shape index (κ3) is 3.59. The molecule has 2 aliphatic heterocycles. The second-order valence-electron chi connectivity index (χ2n) is 7.65. The van der Waals surface area contributed by atoms with Gasteiger partial charge < -0.3 is 19.7 Å². The first-order chi connectivity index (χ1) is 13.7. The smallest absolute Gasteiger partial charge is 0.272 e. The molecular formula is C21H24N4O3.